The average molecular weight is 356 g/mol. The van der Waals surface area contributed by atoms with Crippen LogP contribution in [0.15, 0.2) is 30.3 Å². The Bertz CT molecular complexity index is 753. The summed E-state index contributed by atoms with van der Waals surface area (Å²) in [6.45, 7) is 2.40. The summed E-state index contributed by atoms with van der Waals surface area (Å²) in [6, 6.07) is 5.97. The fraction of sp³-hybridized carbons (Fsp3) is 0.235. The number of hydrogen-bond acceptors (Lipinski definition) is 3. The van der Waals surface area contributed by atoms with Crippen LogP contribution in [0.1, 0.15) is 23.7 Å². The van der Waals surface area contributed by atoms with Gasteiger partial charge in [-0.2, -0.15) is 0 Å². The Balaban J connectivity index is 2.25. The molecule has 0 aromatic heterocycles. The zero-order valence-corrected chi connectivity index (χ0v) is 13.9. The summed E-state index contributed by atoms with van der Waals surface area (Å²) < 4.78 is 36.8. The van der Waals surface area contributed by atoms with Crippen LogP contribution in [0.25, 0.3) is 0 Å². The molecule has 0 heterocycles. The molecule has 0 radical (unpaired) electrons. The van der Waals surface area contributed by atoms with Gasteiger partial charge in [0.2, 0.25) is 0 Å². The fourth-order valence-corrected chi connectivity index (χ4v) is 2.24. The van der Waals surface area contributed by atoms with E-state index in [0.717, 1.165) is 18.6 Å². The molecule has 1 amide bonds. The fourth-order valence-electron chi connectivity index (χ4n) is 1.97. The summed E-state index contributed by atoms with van der Waals surface area (Å²) in [5.74, 6) is -1.91. The average Bonchev–Trinajstić information content (AvgIpc) is 2.56. The number of anilines is 1. The van der Waals surface area contributed by atoms with Gasteiger partial charge in [-0.15, -0.1) is 0 Å². The summed E-state index contributed by atoms with van der Waals surface area (Å²) in [5, 5.41) is 2.69. The minimum Gasteiger partial charge on any atom is -0.493 e. The maximum absolute atomic E-state index is 13.2. The van der Waals surface area contributed by atoms with Gasteiger partial charge in [0.1, 0.15) is 0 Å². The summed E-state index contributed by atoms with van der Waals surface area (Å²) in [6.07, 6.45) is 0.790. The normalized spacial score (nSPS) is 10.4. The number of rotatable bonds is 6. The Hall–Kier alpha value is -2.34. The van der Waals surface area contributed by atoms with Crippen molar-refractivity contribution in [3.05, 3.63) is 52.6 Å². The van der Waals surface area contributed by atoms with Crippen molar-refractivity contribution in [3.63, 3.8) is 0 Å². The maximum atomic E-state index is 13.2. The van der Waals surface area contributed by atoms with Gasteiger partial charge in [-0.3, -0.25) is 4.79 Å². The summed E-state index contributed by atoms with van der Waals surface area (Å²) in [7, 11) is 1.43. The van der Waals surface area contributed by atoms with Crippen molar-refractivity contribution in [2.45, 2.75) is 13.3 Å². The summed E-state index contributed by atoms with van der Waals surface area (Å²) in [4.78, 5) is 12.3. The topological polar surface area (TPSA) is 47.6 Å². The molecule has 0 atom stereocenters. The monoisotopic (exact) mass is 355 g/mol. The smallest absolute Gasteiger partial charge is 0.255 e. The molecule has 0 saturated heterocycles. The zero-order valence-electron chi connectivity index (χ0n) is 13.2. The zero-order chi connectivity index (χ0) is 17.7. The first-order valence-corrected chi connectivity index (χ1v) is 7.60. The predicted molar refractivity (Wildman–Crippen MR) is 88.1 cm³/mol. The number of benzene rings is 2. The molecule has 0 aliphatic rings. The van der Waals surface area contributed by atoms with E-state index >= 15 is 0 Å². The van der Waals surface area contributed by atoms with Gasteiger partial charge in [0.05, 0.1) is 18.7 Å². The third kappa shape index (κ3) is 4.14. The maximum Gasteiger partial charge on any atom is 0.255 e. The SMILES string of the molecule is CCCOc1c(Cl)cc(C(=O)Nc2ccc(F)c(F)c2)cc1OC. The lowest BCUT2D eigenvalue weighted by Gasteiger charge is -2.14. The van der Waals surface area contributed by atoms with Crippen molar-refractivity contribution in [1.82, 2.24) is 0 Å². The first-order valence-electron chi connectivity index (χ1n) is 7.23. The van der Waals surface area contributed by atoms with E-state index in [9.17, 15) is 13.6 Å². The van der Waals surface area contributed by atoms with E-state index in [1.165, 1.54) is 25.3 Å². The van der Waals surface area contributed by atoms with Gasteiger partial charge >= 0.3 is 0 Å². The molecule has 0 spiro atoms. The van der Waals surface area contributed by atoms with Crippen molar-refractivity contribution in [2.24, 2.45) is 0 Å². The highest BCUT2D eigenvalue weighted by Crippen LogP contribution is 2.36. The van der Waals surface area contributed by atoms with Crippen LogP contribution in [0.5, 0.6) is 11.5 Å². The van der Waals surface area contributed by atoms with Crippen LogP contribution >= 0.6 is 11.6 Å². The van der Waals surface area contributed by atoms with Gasteiger partial charge in [0.25, 0.3) is 5.91 Å². The lowest BCUT2D eigenvalue weighted by Crippen LogP contribution is -2.13. The van der Waals surface area contributed by atoms with Gasteiger partial charge in [0.15, 0.2) is 23.1 Å². The van der Waals surface area contributed by atoms with Gasteiger partial charge < -0.3 is 14.8 Å². The van der Waals surface area contributed by atoms with E-state index in [0.29, 0.717) is 18.1 Å². The Labute approximate surface area is 143 Å². The van der Waals surface area contributed by atoms with Crippen LogP contribution in [0, 0.1) is 11.6 Å². The van der Waals surface area contributed by atoms with Crippen molar-refractivity contribution < 1.29 is 23.0 Å². The lowest BCUT2D eigenvalue weighted by molar-refractivity contribution is 0.102. The number of methoxy groups -OCH3 is 1. The number of ether oxygens (including phenoxy) is 2. The molecule has 1 N–H and O–H groups in total. The quantitative estimate of drug-likeness (QED) is 0.819. The molecule has 2 aromatic carbocycles. The van der Waals surface area contributed by atoms with Gasteiger partial charge in [0, 0.05) is 17.3 Å². The van der Waals surface area contributed by atoms with E-state index in [2.05, 4.69) is 5.32 Å². The third-order valence-corrected chi connectivity index (χ3v) is 3.40. The van der Waals surface area contributed by atoms with Crippen LogP contribution in [0.3, 0.4) is 0 Å². The van der Waals surface area contributed by atoms with Crippen molar-refractivity contribution in [2.75, 3.05) is 19.0 Å². The Morgan fingerprint density at radius 2 is 1.96 bits per heavy atom. The molecule has 0 fully saturated rings. The van der Waals surface area contributed by atoms with E-state index in [1.54, 1.807) is 0 Å². The number of carbonyl (C=O) groups excluding carboxylic acids is 1. The van der Waals surface area contributed by atoms with Crippen molar-refractivity contribution in [3.8, 4) is 11.5 Å². The van der Waals surface area contributed by atoms with E-state index < -0.39 is 17.5 Å². The Morgan fingerprint density at radius 3 is 2.58 bits per heavy atom. The standard InChI is InChI=1S/C17H16ClF2NO3/c1-3-6-24-16-12(18)7-10(8-15(16)23-2)17(22)21-11-4-5-13(19)14(20)9-11/h4-5,7-9H,3,6H2,1-2H3,(H,21,22). The van der Waals surface area contributed by atoms with Crippen LogP contribution < -0.4 is 14.8 Å². The minimum absolute atomic E-state index is 0.125. The molecule has 128 valence electrons. The molecule has 2 aromatic rings. The molecule has 2 rings (SSSR count). The molecular formula is C17H16ClF2NO3. The van der Waals surface area contributed by atoms with E-state index in [4.69, 9.17) is 21.1 Å². The number of carbonyl (C=O) groups is 1. The molecule has 0 saturated carbocycles. The van der Waals surface area contributed by atoms with Crippen LogP contribution in [-0.4, -0.2) is 19.6 Å². The van der Waals surface area contributed by atoms with Crippen LogP contribution in [0.4, 0.5) is 14.5 Å². The van der Waals surface area contributed by atoms with Gasteiger partial charge in [-0.25, -0.2) is 8.78 Å². The number of halogens is 3. The molecule has 0 aliphatic carbocycles. The van der Waals surface area contributed by atoms with Crippen LogP contribution in [0.2, 0.25) is 5.02 Å². The molecule has 4 nitrogen and oxygen atoms in total. The highest BCUT2D eigenvalue weighted by Gasteiger charge is 2.16. The van der Waals surface area contributed by atoms with Gasteiger partial charge in [-0.05, 0) is 30.7 Å². The Kier molecular flexibility index (Phi) is 5.98. The molecule has 7 heteroatoms. The van der Waals surface area contributed by atoms with Crippen molar-refractivity contribution in [1.29, 1.82) is 0 Å². The first kappa shape index (κ1) is 18.0. The van der Waals surface area contributed by atoms with Crippen LogP contribution in [-0.2, 0) is 0 Å². The second-order valence-electron chi connectivity index (χ2n) is 4.92. The van der Waals surface area contributed by atoms with Crippen molar-refractivity contribution >= 4 is 23.2 Å². The van der Waals surface area contributed by atoms with E-state index in [-0.39, 0.29) is 16.3 Å². The number of amides is 1. The van der Waals surface area contributed by atoms with Gasteiger partial charge in [-0.1, -0.05) is 18.5 Å². The minimum atomic E-state index is -1.05. The number of nitrogens with one attached hydrogen (secondary N) is 1. The molecule has 0 unspecified atom stereocenters. The second-order valence-corrected chi connectivity index (χ2v) is 5.33. The largest absolute Gasteiger partial charge is 0.493 e. The summed E-state index contributed by atoms with van der Waals surface area (Å²) in [5.41, 5.74) is 0.325. The predicted octanol–water partition coefficient (Wildman–Crippen LogP) is 4.67. The molecular weight excluding hydrogens is 340 g/mol. The molecule has 0 bridgehead atoms. The lowest BCUT2D eigenvalue weighted by atomic mass is 10.1. The number of hydrogen-bond donors (Lipinski definition) is 1. The molecule has 24 heavy (non-hydrogen) atoms. The third-order valence-electron chi connectivity index (χ3n) is 3.12. The second kappa shape index (κ2) is 7.97. The highest BCUT2D eigenvalue weighted by molar-refractivity contribution is 6.32. The van der Waals surface area contributed by atoms with E-state index in [1.807, 2.05) is 6.92 Å². The summed E-state index contributed by atoms with van der Waals surface area (Å²) >= 11 is 6.15. The Morgan fingerprint density at radius 1 is 1.21 bits per heavy atom. The molecule has 0 aliphatic heterocycles. The highest BCUT2D eigenvalue weighted by atomic mass is 35.5. The first-order chi connectivity index (χ1) is 11.5.